The molecule has 1 aliphatic heterocycles. The summed E-state index contributed by atoms with van der Waals surface area (Å²) in [6.45, 7) is 0. The molecule has 0 atom stereocenters. The lowest BCUT2D eigenvalue weighted by Gasteiger charge is -2.08. The molecule has 0 bridgehead atoms. The number of fused-ring (bicyclic) bond motifs is 1. The van der Waals surface area contributed by atoms with E-state index in [1.165, 1.54) is 23.5 Å². The van der Waals surface area contributed by atoms with Gasteiger partial charge in [0.15, 0.2) is 0 Å². The quantitative estimate of drug-likeness (QED) is 0.594. The van der Waals surface area contributed by atoms with E-state index in [9.17, 15) is 19.2 Å². The van der Waals surface area contributed by atoms with Crippen LogP contribution in [0.1, 0.15) is 40.7 Å². The Kier molecular flexibility index (Phi) is 4.46. The number of rotatable bonds is 4. The van der Waals surface area contributed by atoms with Crippen LogP contribution >= 0.6 is 11.3 Å². The van der Waals surface area contributed by atoms with Crippen molar-refractivity contribution in [3.8, 4) is 0 Å². The summed E-state index contributed by atoms with van der Waals surface area (Å²) in [5.41, 5.74) is 1.72. The third-order valence-electron chi connectivity index (χ3n) is 4.12. The van der Waals surface area contributed by atoms with Crippen molar-refractivity contribution < 1.29 is 19.2 Å². The number of anilines is 2. The summed E-state index contributed by atoms with van der Waals surface area (Å²) >= 11 is 1.32. The maximum Gasteiger partial charge on any atom is 0.265 e. The molecule has 3 aromatic rings. The Hall–Kier alpha value is -3.78. The lowest BCUT2D eigenvalue weighted by atomic mass is 10.1. The summed E-state index contributed by atoms with van der Waals surface area (Å²) in [5, 5.41) is 9.45. The summed E-state index contributed by atoms with van der Waals surface area (Å²) in [7, 11) is 0. The number of benzene rings is 2. The molecule has 8 heteroatoms. The van der Waals surface area contributed by atoms with E-state index in [2.05, 4.69) is 16.0 Å². The Morgan fingerprint density at radius 2 is 1.54 bits per heavy atom. The van der Waals surface area contributed by atoms with Crippen molar-refractivity contribution >= 4 is 46.3 Å². The molecule has 4 rings (SSSR count). The van der Waals surface area contributed by atoms with Crippen molar-refractivity contribution in [3.05, 3.63) is 81.5 Å². The van der Waals surface area contributed by atoms with Gasteiger partial charge in [0.25, 0.3) is 23.6 Å². The number of carbonyl (C=O) groups is 4. The number of thiophene rings is 1. The Bertz CT molecular complexity index is 1120. The highest BCUT2D eigenvalue weighted by Gasteiger charge is 2.26. The third kappa shape index (κ3) is 3.40. The van der Waals surface area contributed by atoms with E-state index in [4.69, 9.17) is 0 Å². The molecule has 1 aliphatic rings. The lowest BCUT2D eigenvalue weighted by Crippen LogP contribution is -2.19. The predicted molar refractivity (Wildman–Crippen MR) is 105 cm³/mol. The van der Waals surface area contributed by atoms with E-state index >= 15 is 0 Å². The first-order valence-electron chi connectivity index (χ1n) is 8.27. The molecule has 2 heterocycles. The summed E-state index contributed by atoms with van der Waals surface area (Å²) in [6.07, 6.45) is 0. The molecule has 0 fully saturated rings. The minimum Gasteiger partial charge on any atom is -0.322 e. The molecular formula is C20H13N3O4S. The number of nitrogens with one attached hydrogen (secondary N) is 3. The zero-order valence-corrected chi connectivity index (χ0v) is 15.1. The zero-order chi connectivity index (χ0) is 19.7. The van der Waals surface area contributed by atoms with Crippen LogP contribution in [-0.2, 0) is 0 Å². The maximum absolute atomic E-state index is 12.5. The van der Waals surface area contributed by atoms with Crippen LogP contribution in [0.25, 0.3) is 0 Å². The van der Waals surface area contributed by atoms with Gasteiger partial charge in [0.1, 0.15) is 0 Å². The largest absolute Gasteiger partial charge is 0.322 e. The van der Waals surface area contributed by atoms with Crippen LogP contribution in [0, 0.1) is 0 Å². The van der Waals surface area contributed by atoms with Crippen molar-refractivity contribution in [1.82, 2.24) is 5.32 Å². The van der Waals surface area contributed by atoms with Gasteiger partial charge in [-0.2, -0.15) is 0 Å². The van der Waals surface area contributed by atoms with Gasteiger partial charge in [0.05, 0.1) is 16.0 Å². The Balaban J connectivity index is 1.50. The predicted octanol–water partition coefficient (Wildman–Crippen LogP) is 3.14. The van der Waals surface area contributed by atoms with Crippen LogP contribution in [-0.4, -0.2) is 23.6 Å². The van der Waals surface area contributed by atoms with Crippen LogP contribution in [0.4, 0.5) is 11.4 Å². The van der Waals surface area contributed by atoms with Crippen LogP contribution in [0.3, 0.4) is 0 Å². The molecule has 0 saturated carbocycles. The second-order valence-electron chi connectivity index (χ2n) is 6.01. The fourth-order valence-electron chi connectivity index (χ4n) is 2.79. The molecule has 138 valence electrons. The van der Waals surface area contributed by atoms with Crippen molar-refractivity contribution in [2.75, 3.05) is 10.6 Å². The molecule has 7 nitrogen and oxygen atoms in total. The fourth-order valence-corrected chi connectivity index (χ4v) is 3.41. The highest BCUT2D eigenvalue weighted by atomic mass is 32.1. The Labute approximate surface area is 163 Å². The number of amides is 4. The van der Waals surface area contributed by atoms with E-state index in [0.29, 0.717) is 21.8 Å². The number of imide groups is 1. The molecular weight excluding hydrogens is 378 g/mol. The Morgan fingerprint density at radius 1 is 0.786 bits per heavy atom. The van der Waals surface area contributed by atoms with Crippen molar-refractivity contribution in [3.63, 3.8) is 0 Å². The third-order valence-corrected chi connectivity index (χ3v) is 4.99. The normalized spacial score (nSPS) is 12.3. The van der Waals surface area contributed by atoms with E-state index in [1.807, 2.05) is 5.38 Å². The minimum atomic E-state index is -0.491. The van der Waals surface area contributed by atoms with E-state index < -0.39 is 17.7 Å². The molecule has 0 aliphatic carbocycles. The molecule has 1 aromatic heterocycles. The lowest BCUT2D eigenvalue weighted by molar-refractivity contribution is 0.0878. The molecule has 0 unspecified atom stereocenters. The SMILES string of the molecule is O=C(Nc1ccc2c(c1)C(=O)NC2=O)c1cccc(NC(=O)c2cccs2)c1. The molecule has 0 radical (unpaired) electrons. The molecule has 2 aromatic carbocycles. The van der Waals surface area contributed by atoms with Crippen molar-refractivity contribution in [1.29, 1.82) is 0 Å². The first-order chi connectivity index (χ1) is 13.5. The first-order valence-corrected chi connectivity index (χ1v) is 9.15. The average molecular weight is 391 g/mol. The van der Waals surface area contributed by atoms with Gasteiger partial charge < -0.3 is 10.6 Å². The minimum absolute atomic E-state index is 0.222. The summed E-state index contributed by atoms with van der Waals surface area (Å²) in [4.78, 5) is 48.6. The summed E-state index contributed by atoms with van der Waals surface area (Å²) in [6, 6.07) is 14.5. The van der Waals surface area contributed by atoms with Gasteiger partial charge in [0.2, 0.25) is 0 Å². The monoisotopic (exact) mass is 391 g/mol. The van der Waals surface area contributed by atoms with E-state index in [0.717, 1.165) is 0 Å². The van der Waals surface area contributed by atoms with Crippen molar-refractivity contribution in [2.45, 2.75) is 0 Å². The van der Waals surface area contributed by atoms with E-state index in [-0.39, 0.29) is 17.0 Å². The summed E-state index contributed by atoms with van der Waals surface area (Å²) in [5.74, 6) is -1.60. The summed E-state index contributed by atoms with van der Waals surface area (Å²) < 4.78 is 0. The second kappa shape index (κ2) is 7.09. The highest BCUT2D eigenvalue weighted by molar-refractivity contribution is 7.12. The van der Waals surface area contributed by atoms with E-state index in [1.54, 1.807) is 42.5 Å². The number of carbonyl (C=O) groups excluding carboxylic acids is 4. The van der Waals surface area contributed by atoms with Crippen LogP contribution in [0.15, 0.2) is 60.0 Å². The van der Waals surface area contributed by atoms with Gasteiger partial charge >= 0.3 is 0 Å². The average Bonchev–Trinajstić information content (AvgIpc) is 3.31. The smallest absolute Gasteiger partial charge is 0.265 e. The maximum atomic E-state index is 12.5. The second-order valence-corrected chi connectivity index (χ2v) is 6.96. The molecule has 0 spiro atoms. The Morgan fingerprint density at radius 3 is 2.32 bits per heavy atom. The van der Waals surface area contributed by atoms with Crippen molar-refractivity contribution in [2.24, 2.45) is 0 Å². The van der Waals surface area contributed by atoms with Gasteiger partial charge in [-0.05, 0) is 47.8 Å². The molecule has 0 saturated heterocycles. The fraction of sp³-hybridized carbons (Fsp3) is 0. The van der Waals surface area contributed by atoms with Gasteiger partial charge in [-0.3, -0.25) is 24.5 Å². The van der Waals surface area contributed by atoms with Gasteiger partial charge in [-0.25, -0.2) is 0 Å². The molecule has 3 N–H and O–H groups in total. The topological polar surface area (TPSA) is 104 Å². The van der Waals surface area contributed by atoms with Gasteiger partial charge in [0, 0.05) is 16.9 Å². The standard InChI is InChI=1S/C20H13N3O4S/c24-17(21-13-6-7-14-15(10-13)19(26)23-18(14)25)11-3-1-4-12(9-11)22-20(27)16-5-2-8-28-16/h1-10H,(H,21,24)(H,22,27)(H,23,25,26). The van der Waals surface area contributed by atoms with Crippen LogP contribution in [0.5, 0.6) is 0 Å². The number of hydrogen-bond acceptors (Lipinski definition) is 5. The molecule has 28 heavy (non-hydrogen) atoms. The van der Waals surface area contributed by atoms with Crippen LogP contribution < -0.4 is 16.0 Å². The van der Waals surface area contributed by atoms with Gasteiger partial charge in [-0.15, -0.1) is 11.3 Å². The molecule has 4 amide bonds. The highest BCUT2D eigenvalue weighted by Crippen LogP contribution is 2.21. The number of hydrogen-bond donors (Lipinski definition) is 3. The first kappa shape index (κ1) is 17.6. The van der Waals surface area contributed by atoms with Gasteiger partial charge in [-0.1, -0.05) is 12.1 Å². The van der Waals surface area contributed by atoms with Crippen LogP contribution in [0.2, 0.25) is 0 Å². The zero-order valence-electron chi connectivity index (χ0n) is 14.3.